The molecule has 146 valence electrons. The molecule has 0 unspecified atom stereocenters. The fourth-order valence-electron chi connectivity index (χ4n) is 3.13. The topological polar surface area (TPSA) is 99.1 Å². The molecule has 3 atom stereocenters. The molecule has 0 radical (unpaired) electrons. The minimum Gasteiger partial charge on any atom is -0.458 e. The number of esters is 3. The number of cyclic esters (lactones) is 1. The number of hydrogen-bond donors (Lipinski definition) is 1. The van der Waals surface area contributed by atoms with E-state index < -0.39 is 35.7 Å². The average Bonchev–Trinajstić information content (AvgIpc) is 2.69. The normalized spacial score (nSPS) is 20.3. The number of rotatable bonds is 5. The maximum Gasteiger partial charge on any atom is 0.352 e. The number of ether oxygens (including phenoxy) is 3. The average molecular weight is 384 g/mol. The minimum atomic E-state index is -2.16. The van der Waals surface area contributed by atoms with Crippen molar-refractivity contribution in [3.05, 3.63) is 71.3 Å². The molecule has 7 nitrogen and oxygen atoms in total. The summed E-state index contributed by atoms with van der Waals surface area (Å²) in [4.78, 5) is 36.5. The summed E-state index contributed by atoms with van der Waals surface area (Å²) in [6, 6.07) is 15.1. The van der Waals surface area contributed by atoms with Crippen molar-refractivity contribution in [2.75, 3.05) is 0 Å². The Hall–Kier alpha value is -3.19. The van der Waals surface area contributed by atoms with Gasteiger partial charge in [-0.2, -0.15) is 0 Å². The second kappa shape index (κ2) is 7.82. The van der Waals surface area contributed by atoms with Crippen LogP contribution in [0.5, 0.6) is 0 Å². The highest BCUT2D eigenvalue weighted by molar-refractivity contribution is 5.85. The van der Waals surface area contributed by atoms with Gasteiger partial charge in [-0.3, -0.25) is 4.79 Å². The Morgan fingerprint density at radius 3 is 2.39 bits per heavy atom. The Morgan fingerprint density at radius 1 is 1.07 bits per heavy atom. The molecular formula is C21H20O7. The lowest BCUT2D eigenvalue weighted by molar-refractivity contribution is -0.198. The van der Waals surface area contributed by atoms with E-state index >= 15 is 0 Å². The highest BCUT2D eigenvalue weighted by Gasteiger charge is 2.51. The summed E-state index contributed by atoms with van der Waals surface area (Å²) in [5.41, 5.74) is -0.821. The number of fused-ring (bicyclic) bond motifs is 1. The summed E-state index contributed by atoms with van der Waals surface area (Å²) in [6.07, 6.45) is -2.60. The number of aliphatic hydroxyl groups is 1. The molecule has 1 aliphatic rings. The monoisotopic (exact) mass is 384 g/mol. The molecule has 1 N–H and O–H groups in total. The number of carbonyl (C=O) groups is 3. The van der Waals surface area contributed by atoms with E-state index in [0.29, 0.717) is 16.7 Å². The van der Waals surface area contributed by atoms with E-state index in [1.807, 2.05) is 0 Å². The van der Waals surface area contributed by atoms with Crippen molar-refractivity contribution < 1.29 is 33.7 Å². The van der Waals surface area contributed by atoms with Gasteiger partial charge in [-0.1, -0.05) is 54.6 Å². The smallest absolute Gasteiger partial charge is 0.352 e. The molecule has 1 heterocycles. The van der Waals surface area contributed by atoms with Gasteiger partial charge >= 0.3 is 17.9 Å². The van der Waals surface area contributed by atoms with Gasteiger partial charge in [0.1, 0.15) is 12.7 Å². The van der Waals surface area contributed by atoms with E-state index in [1.165, 1.54) is 13.8 Å². The first-order chi connectivity index (χ1) is 13.3. The Balaban J connectivity index is 1.88. The highest BCUT2D eigenvalue weighted by atomic mass is 16.6. The van der Waals surface area contributed by atoms with Crippen LogP contribution in [0.2, 0.25) is 0 Å². The first kappa shape index (κ1) is 19.6. The standard InChI is InChI=1S/C21H20O7/c1-13(21(25)17-11-7-6-10-16(17)12-26-20(21)24)27-19(23)18(28-14(2)22)15-8-4-3-5-9-15/h3-11,13,18,25H,12H2,1-2H3/t13-,18-,21-/m1/s1. The van der Waals surface area contributed by atoms with Crippen LogP contribution < -0.4 is 0 Å². The maximum atomic E-state index is 12.7. The van der Waals surface area contributed by atoms with Crippen LogP contribution in [0.3, 0.4) is 0 Å². The maximum absolute atomic E-state index is 12.7. The van der Waals surface area contributed by atoms with E-state index in [2.05, 4.69) is 0 Å². The van der Waals surface area contributed by atoms with Crippen molar-refractivity contribution in [1.29, 1.82) is 0 Å². The van der Waals surface area contributed by atoms with E-state index in [-0.39, 0.29) is 6.61 Å². The molecule has 28 heavy (non-hydrogen) atoms. The zero-order valence-corrected chi connectivity index (χ0v) is 15.5. The second-order valence-electron chi connectivity index (χ2n) is 6.48. The fourth-order valence-corrected chi connectivity index (χ4v) is 3.13. The lowest BCUT2D eigenvalue weighted by Crippen LogP contribution is -2.51. The van der Waals surface area contributed by atoms with Gasteiger partial charge < -0.3 is 19.3 Å². The zero-order valence-electron chi connectivity index (χ0n) is 15.5. The summed E-state index contributed by atoms with van der Waals surface area (Å²) in [5, 5.41) is 11.1. The third-order valence-corrected chi connectivity index (χ3v) is 4.58. The van der Waals surface area contributed by atoms with Crippen molar-refractivity contribution in [3.63, 3.8) is 0 Å². The summed E-state index contributed by atoms with van der Waals surface area (Å²) in [6.45, 7) is 2.59. The Labute approximate surface area is 161 Å². The molecule has 2 aromatic carbocycles. The van der Waals surface area contributed by atoms with Crippen molar-refractivity contribution in [3.8, 4) is 0 Å². The third-order valence-electron chi connectivity index (χ3n) is 4.58. The van der Waals surface area contributed by atoms with Gasteiger partial charge in [-0.15, -0.1) is 0 Å². The van der Waals surface area contributed by atoms with Crippen LogP contribution in [0.15, 0.2) is 54.6 Å². The molecule has 1 aliphatic heterocycles. The number of benzene rings is 2. The van der Waals surface area contributed by atoms with E-state index in [1.54, 1.807) is 54.6 Å². The molecule has 0 amide bonds. The van der Waals surface area contributed by atoms with Gasteiger partial charge in [-0.05, 0) is 12.5 Å². The minimum absolute atomic E-state index is 0.0259. The van der Waals surface area contributed by atoms with Crippen molar-refractivity contribution in [2.24, 2.45) is 0 Å². The third kappa shape index (κ3) is 3.61. The van der Waals surface area contributed by atoms with Crippen molar-refractivity contribution >= 4 is 17.9 Å². The predicted octanol–water partition coefficient (Wildman–Crippen LogP) is 2.17. The quantitative estimate of drug-likeness (QED) is 0.623. The van der Waals surface area contributed by atoms with Crippen LogP contribution in [0.25, 0.3) is 0 Å². The number of hydrogen-bond acceptors (Lipinski definition) is 7. The summed E-state index contributed by atoms with van der Waals surface area (Å²) in [7, 11) is 0. The number of carbonyl (C=O) groups excluding carboxylic acids is 3. The molecule has 0 saturated carbocycles. The molecule has 0 aliphatic carbocycles. The Morgan fingerprint density at radius 2 is 1.71 bits per heavy atom. The largest absolute Gasteiger partial charge is 0.458 e. The van der Waals surface area contributed by atoms with Crippen LogP contribution in [0.4, 0.5) is 0 Å². The SMILES string of the molecule is CC(=O)O[C@@H](C(=O)O[C@H](C)[C@]1(O)C(=O)OCc2ccccc21)c1ccccc1. The van der Waals surface area contributed by atoms with E-state index in [0.717, 1.165) is 0 Å². The molecule has 0 spiro atoms. The summed E-state index contributed by atoms with van der Waals surface area (Å²) < 4.78 is 15.5. The van der Waals surface area contributed by atoms with Gasteiger partial charge in [0.15, 0.2) is 0 Å². The lowest BCUT2D eigenvalue weighted by Gasteiger charge is -2.36. The van der Waals surface area contributed by atoms with Crippen LogP contribution in [-0.2, 0) is 40.8 Å². The van der Waals surface area contributed by atoms with Crippen molar-refractivity contribution in [1.82, 2.24) is 0 Å². The fraction of sp³-hybridized carbons (Fsp3) is 0.286. The molecule has 7 heteroatoms. The molecule has 0 fully saturated rings. The van der Waals surface area contributed by atoms with Crippen LogP contribution in [-0.4, -0.2) is 29.1 Å². The van der Waals surface area contributed by atoms with Gasteiger partial charge in [0.05, 0.1) is 0 Å². The Bertz CT molecular complexity index is 893. The summed E-state index contributed by atoms with van der Waals surface area (Å²) >= 11 is 0. The van der Waals surface area contributed by atoms with Gasteiger partial charge in [0.25, 0.3) is 0 Å². The predicted molar refractivity (Wildman–Crippen MR) is 96.6 cm³/mol. The van der Waals surface area contributed by atoms with Crippen LogP contribution >= 0.6 is 0 Å². The zero-order chi connectivity index (χ0) is 20.3. The van der Waals surface area contributed by atoms with Gasteiger partial charge in [-0.25, -0.2) is 9.59 Å². The molecule has 0 bridgehead atoms. The molecule has 0 aromatic heterocycles. The molecular weight excluding hydrogens is 364 g/mol. The summed E-state index contributed by atoms with van der Waals surface area (Å²) in [5.74, 6) is -2.48. The van der Waals surface area contributed by atoms with Crippen LogP contribution in [0.1, 0.15) is 36.6 Å². The molecule has 2 aromatic rings. The van der Waals surface area contributed by atoms with Gasteiger partial charge in [0.2, 0.25) is 11.7 Å². The first-order valence-electron chi connectivity index (χ1n) is 8.74. The second-order valence-corrected chi connectivity index (χ2v) is 6.48. The molecule has 3 rings (SSSR count). The molecule has 0 saturated heterocycles. The van der Waals surface area contributed by atoms with Gasteiger partial charge in [0, 0.05) is 18.1 Å². The van der Waals surface area contributed by atoms with Crippen LogP contribution in [0, 0.1) is 0 Å². The Kier molecular flexibility index (Phi) is 5.46. The highest BCUT2D eigenvalue weighted by Crippen LogP contribution is 2.36. The first-order valence-corrected chi connectivity index (χ1v) is 8.74. The lowest BCUT2D eigenvalue weighted by atomic mass is 9.84. The van der Waals surface area contributed by atoms with E-state index in [4.69, 9.17) is 14.2 Å². The van der Waals surface area contributed by atoms with Crippen molar-refractivity contribution in [2.45, 2.75) is 38.3 Å². The van der Waals surface area contributed by atoms with E-state index in [9.17, 15) is 19.5 Å².